The van der Waals surface area contributed by atoms with Crippen molar-refractivity contribution >= 4 is 28.3 Å². The summed E-state index contributed by atoms with van der Waals surface area (Å²) < 4.78 is 31.9. The van der Waals surface area contributed by atoms with Crippen LogP contribution in [0.2, 0.25) is 0 Å². The molecule has 3 N–H and O–H groups in total. The molecule has 1 aliphatic heterocycles. The Hall–Kier alpha value is -1.16. The van der Waals surface area contributed by atoms with Gasteiger partial charge in [-0.3, -0.25) is 4.79 Å². The van der Waals surface area contributed by atoms with Crippen LogP contribution in [0.15, 0.2) is 9.42 Å². The minimum Gasteiger partial charge on any atom is -0.360 e. The van der Waals surface area contributed by atoms with Crippen molar-refractivity contribution in [1.82, 2.24) is 20.5 Å². The minimum absolute atomic E-state index is 0. The monoisotopic (exact) mass is 366 g/mol. The summed E-state index contributed by atoms with van der Waals surface area (Å²) in [5.41, 5.74) is 0.272. The molecule has 23 heavy (non-hydrogen) atoms. The Bertz CT molecular complexity index is 621. The Kier molecular flexibility index (Phi) is 7.00. The lowest BCUT2D eigenvalue weighted by atomic mass is 10.1. The lowest BCUT2D eigenvalue weighted by molar-refractivity contribution is -0.123. The zero-order valence-electron chi connectivity index (χ0n) is 13.4. The highest BCUT2D eigenvalue weighted by atomic mass is 35.5. The van der Waals surface area contributed by atoms with E-state index in [0.717, 1.165) is 19.4 Å². The number of carbonyl (C=O) groups is 1. The predicted molar refractivity (Wildman–Crippen MR) is 87.0 cm³/mol. The summed E-state index contributed by atoms with van der Waals surface area (Å²) in [6.07, 6.45) is 1.88. The van der Waals surface area contributed by atoms with Crippen LogP contribution >= 0.6 is 12.4 Å². The van der Waals surface area contributed by atoms with E-state index >= 15 is 0 Å². The zero-order valence-corrected chi connectivity index (χ0v) is 15.0. The quantitative estimate of drug-likeness (QED) is 0.688. The van der Waals surface area contributed by atoms with E-state index < -0.39 is 16.1 Å². The van der Waals surface area contributed by atoms with Gasteiger partial charge in [-0.1, -0.05) is 5.16 Å². The number of piperidine rings is 1. The van der Waals surface area contributed by atoms with Gasteiger partial charge < -0.3 is 15.2 Å². The Labute approximate surface area is 142 Å². The third kappa shape index (κ3) is 4.90. The Morgan fingerprint density at radius 1 is 1.43 bits per heavy atom. The molecule has 0 bridgehead atoms. The molecule has 0 spiro atoms. The number of aryl methyl sites for hydroxylation is 2. The normalized spacial score (nSPS) is 19.7. The van der Waals surface area contributed by atoms with Crippen molar-refractivity contribution in [2.45, 2.75) is 50.6 Å². The number of hydrogen-bond acceptors (Lipinski definition) is 6. The Morgan fingerprint density at radius 2 is 2.13 bits per heavy atom. The molecule has 8 nitrogen and oxygen atoms in total. The molecule has 132 valence electrons. The molecule has 1 aromatic rings. The molecule has 2 heterocycles. The smallest absolute Gasteiger partial charge is 0.246 e. The van der Waals surface area contributed by atoms with Crippen LogP contribution in [0, 0.1) is 13.8 Å². The average molecular weight is 367 g/mol. The van der Waals surface area contributed by atoms with Gasteiger partial charge in [0.2, 0.25) is 15.9 Å². The van der Waals surface area contributed by atoms with Crippen molar-refractivity contribution in [3.8, 4) is 0 Å². The molecule has 1 unspecified atom stereocenters. The van der Waals surface area contributed by atoms with Gasteiger partial charge in [-0.2, -0.15) is 4.72 Å². The van der Waals surface area contributed by atoms with Gasteiger partial charge in [0.1, 0.15) is 10.6 Å². The van der Waals surface area contributed by atoms with Gasteiger partial charge in [-0.25, -0.2) is 8.42 Å². The zero-order chi connectivity index (χ0) is 16.3. The molecule has 2 rings (SSSR count). The Balaban J connectivity index is 0.00000264. The molecular formula is C13H23ClN4O4S. The van der Waals surface area contributed by atoms with E-state index in [1.54, 1.807) is 6.92 Å². The van der Waals surface area contributed by atoms with Crippen LogP contribution in [0.4, 0.5) is 0 Å². The molecule has 2 atom stereocenters. The maximum absolute atomic E-state index is 12.3. The standard InChI is InChI=1S/C13H22N4O4S.ClH/c1-8-12(10(3)21-16-8)22(19,20)17-9(2)13(18)15-11-5-4-6-14-7-11;/h9,11,14,17H,4-7H2,1-3H3,(H,15,18);1H/t9?,11-;/m0./s1. The molecule has 1 aromatic heterocycles. The number of sulfonamides is 1. The number of rotatable bonds is 5. The second kappa shape index (κ2) is 8.09. The van der Waals surface area contributed by atoms with Crippen molar-refractivity contribution in [2.24, 2.45) is 0 Å². The molecule has 1 amide bonds. The van der Waals surface area contributed by atoms with Crippen molar-refractivity contribution < 1.29 is 17.7 Å². The summed E-state index contributed by atoms with van der Waals surface area (Å²) in [6.45, 7) is 6.23. The topological polar surface area (TPSA) is 113 Å². The van der Waals surface area contributed by atoms with Crippen LogP contribution in [0.1, 0.15) is 31.2 Å². The SMILES string of the molecule is Cc1noc(C)c1S(=O)(=O)NC(C)C(=O)N[C@H]1CCCNC1.Cl. The fourth-order valence-corrected chi connectivity index (χ4v) is 4.04. The number of amides is 1. The molecule has 1 saturated heterocycles. The van der Waals surface area contributed by atoms with E-state index in [2.05, 4.69) is 20.5 Å². The van der Waals surface area contributed by atoms with Gasteiger partial charge in [-0.05, 0) is 40.2 Å². The number of aromatic nitrogens is 1. The molecule has 0 saturated carbocycles. The van der Waals surface area contributed by atoms with E-state index in [1.807, 2.05) is 0 Å². The van der Waals surface area contributed by atoms with E-state index in [1.165, 1.54) is 13.8 Å². The van der Waals surface area contributed by atoms with Crippen LogP contribution in [-0.2, 0) is 14.8 Å². The summed E-state index contributed by atoms with van der Waals surface area (Å²) in [4.78, 5) is 12.1. The molecule has 1 aliphatic rings. The van der Waals surface area contributed by atoms with Crippen molar-refractivity contribution in [3.05, 3.63) is 11.5 Å². The second-order valence-corrected chi connectivity index (χ2v) is 7.20. The molecule has 0 aliphatic carbocycles. The van der Waals surface area contributed by atoms with Gasteiger partial charge >= 0.3 is 0 Å². The van der Waals surface area contributed by atoms with Crippen molar-refractivity contribution in [3.63, 3.8) is 0 Å². The van der Waals surface area contributed by atoms with Gasteiger partial charge in [0.05, 0.1) is 6.04 Å². The molecule has 0 radical (unpaired) electrons. The van der Waals surface area contributed by atoms with Gasteiger partial charge in [-0.15, -0.1) is 12.4 Å². The molecule has 0 aromatic carbocycles. The largest absolute Gasteiger partial charge is 0.360 e. The first-order valence-corrected chi connectivity index (χ1v) is 8.76. The first-order chi connectivity index (χ1) is 10.3. The number of halogens is 1. The third-order valence-electron chi connectivity index (χ3n) is 3.61. The number of carbonyl (C=O) groups excluding carboxylic acids is 1. The Morgan fingerprint density at radius 3 is 2.65 bits per heavy atom. The highest BCUT2D eigenvalue weighted by Gasteiger charge is 2.29. The van der Waals surface area contributed by atoms with Crippen LogP contribution in [0.5, 0.6) is 0 Å². The van der Waals surface area contributed by atoms with Crippen LogP contribution < -0.4 is 15.4 Å². The number of nitrogens with zero attached hydrogens (tertiary/aromatic N) is 1. The maximum Gasteiger partial charge on any atom is 0.246 e. The molecular weight excluding hydrogens is 344 g/mol. The van der Waals surface area contributed by atoms with Gasteiger partial charge in [0.15, 0.2) is 5.76 Å². The van der Waals surface area contributed by atoms with E-state index in [4.69, 9.17) is 4.52 Å². The third-order valence-corrected chi connectivity index (χ3v) is 5.39. The fraction of sp³-hybridized carbons (Fsp3) is 0.692. The minimum atomic E-state index is -3.85. The number of nitrogens with one attached hydrogen (secondary N) is 3. The van der Waals surface area contributed by atoms with E-state index in [-0.39, 0.29) is 40.7 Å². The molecule has 10 heteroatoms. The highest BCUT2D eigenvalue weighted by Crippen LogP contribution is 2.18. The maximum atomic E-state index is 12.3. The lowest BCUT2D eigenvalue weighted by Gasteiger charge is -2.25. The van der Waals surface area contributed by atoms with Crippen molar-refractivity contribution in [2.75, 3.05) is 13.1 Å². The summed E-state index contributed by atoms with van der Waals surface area (Å²) in [5, 5.41) is 9.66. The predicted octanol–water partition coefficient (Wildman–Crippen LogP) is 0.248. The van der Waals surface area contributed by atoms with Crippen LogP contribution in [-0.4, -0.2) is 44.7 Å². The number of hydrogen-bond donors (Lipinski definition) is 3. The summed E-state index contributed by atoms with van der Waals surface area (Å²) in [5.74, 6) is -0.141. The lowest BCUT2D eigenvalue weighted by Crippen LogP contribution is -2.52. The van der Waals surface area contributed by atoms with Gasteiger partial charge in [0, 0.05) is 12.6 Å². The summed E-state index contributed by atoms with van der Waals surface area (Å²) in [6, 6.07) is -0.840. The first-order valence-electron chi connectivity index (χ1n) is 7.27. The van der Waals surface area contributed by atoms with Gasteiger partial charge in [0.25, 0.3) is 0 Å². The highest BCUT2D eigenvalue weighted by molar-refractivity contribution is 7.89. The van der Waals surface area contributed by atoms with Crippen LogP contribution in [0.25, 0.3) is 0 Å². The summed E-state index contributed by atoms with van der Waals surface area (Å²) in [7, 11) is -3.85. The fourth-order valence-electron chi connectivity index (χ4n) is 2.50. The summed E-state index contributed by atoms with van der Waals surface area (Å²) >= 11 is 0. The van der Waals surface area contributed by atoms with E-state index in [9.17, 15) is 13.2 Å². The van der Waals surface area contributed by atoms with E-state index in [0.29, 0.717) is 6.54 Å². The van der Waals surface area contributed by atoms with Crippen molar-refractivity contribution in [1.29, 1.82) is 0 Å². The average Bonchev–Trinajstić information content (AvgIpc) is 2.79. The first kappa shape index (κ1) is 19.9. The second-order valence-electron chi connectivity index (χ2n) is 5.55. The molecule has 1 fully saturated rings. The van der Waals surface area contributed by atoms with Crippen LogP contribution in [0.3, 0.4) is 0 Å².